The molecular weight excluding hydrogens is 484 g/mol. The van der Waals surface area contributed by atoms with Crippen molar-refractivity contribution < 1.29 is 19.1 Å². The lowest BCUT2D eigenvalue weighted by Gasteiger charge is -2.30. The number of hydrogen-bond acceptors (Lipinski definition) is 5. The minimum Gasteiger partial charge on any atom is -0.375 e. The Morgan fingerprint density at radius 2 is 2.03 bits per heavy atom. The number of hydrogen-bond donors (Lipinski definition) is 1. The van der Waals surface area contributed by atoms with E-state index in [0.29, 0.717) is 48.9 Å². The van der Waals surface area contributed by atoms with Crippen LogP contribution in [-0.4, -0.2) is 61.1 Å². The Hall–Kier alpha value is -2.32. The first-order chi connectivity index (χ1) is 17.0. The predicted octanol–water partition coefficient (Wildman–Crippen LogP) is 4.56. The molecule has 2 aromatic rings. The summed E-state index contributed by atoms with van der Waals surface area (Å²) in [6, 6.07) is 15.7. The van der Waals surface area contributed by atoms with E-state index in [1.165, 1.54) is 17.3 Å². The molecule has 2 atom stereocenters. The van der Waals surface area contributed by atoms with Crippen molar-refractivity contribution in [3.63, 3.8) is 0 Å². The molecule has 0 saturated carbocycles. The molecule has 186 valence electrons. The molecule has 6 nitrogen and oxygen atoms in total. The van der Waals surface area contributed by atoms with Crippen LogP contribution >= 0.6 is 23.4 Å². The molecule has 2 unspecified atom stereocenters. The molecule has 1 N–H and O–H groups in total. The monoisotopic (exact) mass is 514 g/mol. The van der Waals surface area contributed by atoms with Gasteiger partial charge in [-0.1, -0.05) is 66.3 Å². The fraction of sp³-hybridized carbons (Fsp3) is 0.407. The van der Waals surface area contributed by atoms with Gasteiger partial charge in [-0.05, 0) is 36.1 Å². The van der Waals surface area contributed by atoms with Gasteiger partial charge >= 0.3 is 0 Å². The van der Waals surface area contributed by atoms with Crippen molar-refractivity contribution in [3.8, 4) is 0 Å². The van der Waals surface area contributed by atoms with Crippen LogP contribution in [0.5, 0.6) is 0 Å². The SMILES string of the molecule is C=C(C(=O)NCCCN1CCCC1=O)c1ccc(SC2COCC(Cc3ccccc3)O2)c(Cl)c1. The van der Waals surface area contributed by atoms with Crippen LogP contribution < -0.4 is 5.32 Å². The number of ether oxygens (including phenoxy) is 2. The molecule has 8 heteroatoms. The average molecular weight is 515 g/mol. The summed E-state index contributed by atoms with van der Waals surface area (Å²) >= 11 is 8.07. The van der Waals surface area contributed by atoms with Gasteiger partial charge in [-0.2, -0.15) is 0 Å². The number of benzene rings is 2. The lowest BCUT2D eigenvalue weighted by atomic mass is 10.1. The fourth-order valence-corrected chi connectivity index (χ4v) is 5.50. The van der Waals surface area contributed by atoms with E-state index in [2.05, 4.69) is 24.0 Å². The fourth-order valence-electron chi connectivity index (χ4n) is 4.21. The zero-order valence-electron chi connectivity index (χ0n) is 19.7. The molecule has 2 saturated heterocycles. The molecule has 2 aliphatic heterocycles. The zero-order chi connectivity index (χ0) is 24.6. The van der Waals surface area contributed by atoms with Crippen LogP contribution in [0.1, 0.15) is 30.4 Å². The summed E-state index contributed by atoms with van der Waals surface area (Å²) in [6.45, 7) is 6.98. The van der Waals surface area contributed by atoms with Gasteiger partial charge in [0.25, 0.3) is 5.91 Å². The summed E-state index contributed by atoms with van der Waals surface area (Å²) in [6.07, 6.45) is 3.06. The first-order valence-electron chi connectivity index (χ1n) is 12.0. The van der Waals surface area contributed by atoms with E-state index in [-0.39, 0.29) is 23.4 Å². The number of carbonyl (C=O) groups excluding carboxylic acids is 2. The van der Waals surface area contributed by atoms with E-state index < -0.39 is 0 Å². The third-order valence-electron chi connectivity index (χ3n) is 6.08. The number of carbonyl (C=O) groups is 2. The first kappa shape index (κ1) is 25.8. The smallest absolute Gasteiger partial charge is 0.251 e. The van der Waals surface area contributed by atoms with Crippen molar-refractivity contribution in [2.75, 3.05) is 32.8 Å². The van der Waals surface area contributed by atoms with E-state index in [9.17, 15) is 9.59 Å². The molecule has 0 aliphatic carbocycles. The highest BCUT2D eigenvalue weighted by atomic mass is 35.5. The molecule has 0 bridgehead atoms. The van der Waals surface area contributed by atoms with Gasteiger partial charge in [0.2, 0.25) is 5.91 Å². The van der Waals surface area contributed by atoms with Gasteiger partial charge in [-0.25, -0.2) is 0 Å². The number of nitrogens with one attached hydrogen (secondary N) is 1. The van der Waals surface area contributed by atoms with Crippen molar-refractivity contribution in [2.24, 2.45) is 0 Å². The third kappa shape index (κ3) is 7.34. The van der Waals surface area contributed by atoms with E-state index in [4.69, 9.17) is 21.1 Å². The summed E-state index contributed by atoms with van der Waals surface area (Å²) in [5.41, 5.74) is 2.10. The summed E-state index contributed by atoms with van der Waals surface area (Å²) < 4.78 is 12.0. The first-order valence-corrected chi connectivity index (χ1v) is 13.2. The molecular formula is C27H31ClN2O4S. The molecule has 2 heterocycles. The van der Waals surface area contributed by atoms with Crippen molar-refractivity contribution in [1.82, 2.24) is 10.2 Å². The van der Waals surface area contributed by atoms with Crippen molar-refractivity contribution in [2.45, 2.75) is 42.1 Å². The molecule has 2 amide bonds. The minimum atomic E-state index is -0.234. The van der Waals surface area contributed by atoms with Crippen LogP contribution in [0.4, 0.5) is 0 Å². The van der Waals surface area contributed by atoms with Crippen LogP contribution in [0.25, 0.3) is 5.57 Å². The maximum atomic E-state index is 12.5. The summed E-state index contributed by atoms with van der Waals surface area (Å²) in [7, 11) is 0. The Morgan fingerprint density at radius 3 is 2.77 bits per heavy atom. The molecule has 2 aromatic carbocycles. The molecule has 0 radical (unpaired) electrons. The van der Waals surface area contributed by atoms with Crippen LogP contribution in [0.2, 0.25) is 5.02 Å². The second-order valence-electron chi connectivity index (χ2n) is 8.75. The number of amides is 2. The Labute approximate surface area is 216 Å². The number of likely N-dealkylation sites (tertiary alicyclic amines) is 1. The van der Waals surface area contributed by atoms with Gasteiger partial charge in [0, 0.05) is 42.9 Å². The maximum Gasteiger partial charge on any atom is 0.251 e. The Kier molecular flexibility index (Phi) is 9.26. The minimum absolute atomic E-state index is 0.00578. The molecule has 0 spiro atoms. The van der Waals surface area contributed by atoms with E-state index in [1.54, 1.807) is 6.07 Å². The molecule has 2 fully saturated rings. The Morgan fingerprint density at radius 1 is 1.20 bits per heavy atom. The van der Waals surface area contributed by atoms with Gasteiger partial charge in [0.15, 0.2) is 0 Å². The van der Waals surface area contributed by atoms with Crippen molar-refractivity contribution >= 4 is 40.8 Å². The van der Waals surface area contributed by atoms with Crippen LogP contribution in [0, 0.1) is 0 Å². The average Bonchev–Trinajstić information content (AvgIpc) is 3.28. The Balaban J connectivity index is 1.25. The van der Waals surface area contributed by atoms with E-state index >= 15 is 0 Å². The van der Waals surface area contributed by atoms with Crippen LogP contribution in [0.3, 0.4) is 0 Å². The van der Waals surface area contributed by atoms with Crippen LogP contribution in [-0.2, 0) is 25.5 Å². The topological polar surface area (TPSA) is 67.9 Å². The van der Waals surface area contributed by atoms with Gasteiger partial charge < -0.3 is 19.7 Å². The number of rotatable bonds is 10. The predicted molar refractivity (Wildman–Crippen MR) is 139 cm³/mol. The summed E-state index contributed by atoms with van der Waals surface area (Å²) in [5.74, 6) is -0.0350. The number of thioether (sulfide) groups is 1. The molecule has 4 rings (SSSR count). The second-order valence-corrected chi connectivity index (χ2v) is 10.4. The van der Waals surface area contributed by atoms with E-state index in [1.807, 2.05) is 35.2 Å². The third-order valence-corrected chi connectivity index (χ3v) is 7.63. The standard InChI is InChI=1S/C27H31ClN2O4S/c1-19(27(32)29-12-6-14-30-13-5-9-25(30)31)21-10-11-24(23(28)16-21)35-26-18-33-17-22(34-26)15-20-7-3-2-4-8-20/h2-4,7-8,10-11,16,22,26H,1,5-6,9,12-15,17-18H2,(H,29,32). The normalized spacial score (nSPS) is 20.1. The highest BCUT2D eigenvalue weighted by molar-refractivity contribution is 8.00. The number of nitrogens with zero attached hydrogens (tertiary/aromatic N) is 1. The van der Waals surface area contributed by atoms with Crippen molar-refractivity contribution in [1.29, 1.82) is 0 Å². The lowest BCUT2D eigenvalue weighted by Crippen LogP contribution is -2.35. The van der Waals surface area contributed by atoms with Crippen LogP contribution in [0.15, 0.2) is 60.0 Å². The largest absolute Gasteiger partial charge is 0.375 e. The van der Waals surface area contributed by atoms with E-state index in [0.717, 1.165) is 30.7 Å². The molecule has 0 aromatic heterocycles. The lowest BCUT2D eigenvalue weighted by molar-refractivity contribution is -0.127. The number of halogens is 1. The van der Waals surface area contributed by atoms with Gasteiger partial charge in [0.1, 0.15) is 5.44 Å². The summed E-state index contributed by atoms with van der Waals surface area (Å²) in [4.78, 5) is 26.9. The Bertz CT molecular complexity index is 1050. The quantitative estimate of drug-likeness (QED) is 0.372. The van der Waals surface area contributed by atoms with Gasteiger partial charge in [-0.3, -0.25) is 9.59 Å². The molecule has 2 aliphatic rings. The molecule has 35 heavy (non-hydrogen) atoms. The highest BCUT2D eigenvalue weighted by Gasteiger charge is 2.25. The summed E-state index contributed by atoms with van der Waals surface area (Å²) in [5, 5.41) is 3.43. The van der Waals surface area contributed by atoms with Gasteiger partial charge in [0.05, 0.1) is 24.3 Å². The zero-order valence-corrected chi connectivity index (χ0v) is 21.3. The van der Waals surface area contributed by atoms with Gasteiger partial charge in [-0.15, -0.1) is 0 Å². The highest BCUT2D eigenvalue weighted by Crippen LogP contribution is 2.35. The second kappa shape index (κ2) is 12.6. The van der Waals surface area contributed by atoms with Crippen molar-refractivity contribution in [3.05, 3.63) is 71.3 Å². The maximum absolute atomic E-state index is 12.5.